The minimum absolute atomic E-state index is 0.0591. The Bertz CT molecular complexity index is 851. The van der Waals surface area contributed by atoms with Gasteiger partial charge in [-0.3, -0.25) is 14.4 Å². The average Bonchev–Trinajstić information content (AvgIpc) is 2.83. The fraction of sp³-hybridized carbons (Fsp3) is 0.348. The first kappa shape index (κ1) is 22.3. The Hall–Kier alpha value is -3.02. The fourth-order valence-corrected chi connectivity index (χ4v) is 3.41. The van der Waals surface area contributed by atoms with Crippen LogP contribution in [0.2, 0.25) is 0 Å². The topological polar surface area (TPSA) is 91.7 Å². The van der Waals surface area contributed by atoms with Crippen LogP contribution in [0.1, 0.15) is 44.6 Å². The van der Waals surface area contributed by atoms with Gasteiger partial charge in [-0.2, -0.15) is 0 Å². The van der Waals surface area contributed by atoms with E-state index in [1.165, 1.54) is 6.08 Å². The molecule has 0 aliphatic heterocycles. The number of allylic oxidation sites excluding steroid dienone is 6. The highest BCUT2D eigenvalue weighted by Crippen LogP contribution is 2.30. The van der Waals surface area contributed by atoms with Crippen molar-refractivity contribution >= 4 is 23.3 Å². The number of hydrogen-bond acceptors (Lipinski definition) is 3. The minimum atomic E-state index is -1.28. The van der Waals surface area contributed by atoms with Crippen LogP contribution < -0.4 is 0 Å². The molecule has 1 aromatic rings. The van der Waals surface area contributed by atoms with Crippen molar-refractivity contribution in [2.75, 3.05) is 0 Å². The zero-order valence-electron chi connectivity index (χ0n) is 16.3. The van der Waals surface area contributed by atoms with E-state index in [-0.39, 0.29) is 30.4 Å². The third kappa shape index (κ3) is 7.14. The fourth-order valence-electron chi connectivity index (χ4n) is 3.41. The van der Waals surface area contributed by atoms with Crippen LogP contribution in [0.25, 0.3) is 5.57 Å². The van der Waals surface area contributed by atoms with Crippen LogP contribution in [0, 0.1) is 11.8 Å². The molecule has 0 amide bonds. The summed E-state index contributed by atoms with van der Waals surface area (Å²) < 4.78 is 14.4. The van der Waals surface area contributed by atoms with Crippen LogP contribution in [-0.2, 0) is 14.4 Å². The van der Waals surface area contributed by atoms with Gasteiger partial charge in [0.25, 0.3) is 0 Å². The lowest BCUT2D eigenvalue weighted by atomic mass is 9.90. The summed E-state index contributed by atoms with van der Waals surface area (Å²) in [5.74, 6) is -4.35. The van der Waals surface area contributed by atoms with Crippen LogP contribution in [-0.4, -0.2) is 27.9 Å². The van der Waals surface area contributed by atoms with Gasteiger partial charge in [0, 0.05) is 18.4 Å². The largest absolute Gasteiger partial charge is 0.481 e. The second kappa shape index (κ2) is 10.5. The molecule has 0 radical (unpaired) electrons. The number of carbonyl (C=O) groups is 3. The number of carboxylic acids is 2. The van der Waals surface area contributed by atoms with E-state index in [1.807, 2.05) is 43.3 Å². The maximum atomic E-state index is 14.4. The molecule has 0 fully saturated rings. The predicted molar refractivity (Wildman–Crippen MR) is 108 cm³/mol. The summed E-state index contributed by atoms with van der Waals surface area (Å²) in [5.41, 5.74) is 2.29. The molecule has 6 heteroatoms. The smallest absolute Gasteiger partial charge is 0.307 e. The Morgan fingerprint density at radius 3 is 2.34 bits per heavy atom. The number of Topliss-reactive ketones (excluding diaryl/α,β-unsaturated/α-hetero) is 1. The van der Waals surface area contributed by atoms with E-state index in [2.05, 4.69) is 0 Å². The van der Waals surface area contributed by atoms with E-state index in [9.17, 15) is 18.8 Å². The summed E-state index contributed by atoms with van der Waals surface area (Å²) in [5, 5.41) is 17.8. The summed E-state index contributed by atoms with van der Waals surface area (Å²) in [6.45, 7) is 1.87. The molecule has 29 heavy (non-hydrogen) atoms. The zero-order chi connectivity index (χ0) is 21.4. The van der Waals surface area contributed by atoms with Crippen LogP contribution in [0.4, 0.5) is 4.39 Å². The number of hydrogen-bond donors (Lipinski definition) is 2. The molecule has 0 saturated heterocycles. The second-order valence-corrected chi connectivity index (χ2v) is 7.42. The normalized spacial score (nSPS) is 16.0. The van der Waals surface area contributed by atoms with Crippen molar-refractivity contribution in [3.8, 4) is 0 Å². The van der Waals surface area contributed by atoms with Gasteiger partial charge in [-0.1, -0.05) is 55.0 Å². The van der Waals surface area contributed by atoms with E-state index >= 15 is 0 Å². The quantitative estimate of drug-likeness (QED) is 0.588. The maximum Gasteiger partial charge on any atom is 0.307 e. The Labute approximate surface area is 169 Å². The highest BCUT2D eigenvalue weighted by molar-refractivity contribution is 5.86. The average molecular weight is 400 g/mol. The van der Waals surface area contributed by atoms with Crippen molar-refractivity contribution in [3.05, 3.63) is 65.5 Å². The van der Waals surface area contributed by atoms with E-state index in [0.29, 0.717) is 18.4 Å². The lowest BCUT2D eigenvalue weighted by Crippen LogP contribution is -2.22. The van der Waals surface area contributed by atoms with Crippen molar-refractivity contribution in [2.45, 2.75) is 39.0 Å². The molecule has 1 aromatic carbocycles. The molecule has 1 aliphatic carbocycles. The highest BCUT2D eigenvalue weighted by atomic mass is 19.1. The van der Waals surface area contributed by atoms with Crippen LogP contribution in [0.5, 0.6) is 0 Å². The van der Waals surface area contributed by atoms with E-state index in [0.717, 1.165) is 11.1 Å². The van der Waals surface area contributed by atoms with Crippen LogP contribution in [0.15, 0.2) is 60.0 Å². The third-order valence-electron chi connectivity index (χ3n) is 4.80. The lowest BCUT2D eigenvalue weighted by Gasteiger charge is -2.14. The van der Waals surface area contributed by atoms with Crippen molar-refractivity contribution in [1.82, 2.24) is 0 Å². The molecule has 154 valence electrons. The Morgan fingerprint density at radius 1 is 1.03 bits per heavy atom. The first-order chi connectivity index (χ1) is 13.8. The van der Waals surface area contributed by atoms with Crippen LogP contribution >= 0.6 is 0 Å². The molecule has 0 heterocycles. The van der Waals surface area contributed by atoms with Gasteiger partial charge in [0.2, 0.25) is 0 Å². The molecule has 0 bridgehead atoms. The van der Waals surface area contributed by atoms with Gasteiger partial charge in [0.05, 0.1) is 12.3 Å². The van der Waals surface area contributed by atoms with Crippen molar-refractivity contribution in [3.63, 3.8) is 0 Å². The molecule has 1 aliphatic rings. The lowest BCUT2D eigenvalue weighted by molar-refractivity contribution is -0.149. The number of rotatable bonds is 10. The summed E-state index contributed by atoms with van der Waals surface area (Å²) in [4.78, 5) is 34.1. The molecular formula is C23H25FO5. The molecule has 2 rings (SSSR count). The predicted octanol–water partition coefficient (Wildman–Crippen LogP) is 4.80. The standard InChI is InChI=1S/C23H25FO5/c1-15(12-19(25)13-18(23(28)29)14-22(26)27)11-16-7-9-20(21(24)10-8-16)17-5-3-2-4-6-17/h2-7,9-10,15,18H,8,11-14H2,1H3,(H,26,27)(H,28,29)/t15-,18-/m0/s1. The first-order valence-corrected chi connectivity index (χ1v) is 9.53. The van der Waals surface area contributed by atoms with Crippen molar-refractivity contribution < 1.29 is 29.0 Å². The van der Waals surface area contributed by atoms with Gasteiger partial charge < -0.3 is 10.2 Å². The van der Waals surface area contributed by atoms with E-state index in [1.54, 1.807) is 6.08 Å². The molecule has 0 unspecified atom stereocenters. The van der Waals surface area contributed by atoms with E-state index < -0.39 is 24.3 Å². The van der Waals surface area contributed by atoms with Crippen LogP contribution in [0.3, 0.4) is 0 Å². The third-order valence-corrected chi connectivity index (χ3v) is 4.80. The number of halogens is 1. The van der Waals surface area contributed by atoms with Gasteiger partial charge >= 0.3 is 11.9 Å². The molecule has 2 N–H and O–H groups in total. The summed E-state index contributed by atoms with van der Waals surface area (Å²) in [6, 6.07) is 9.25. The second-order valence-electron chi connectivity index (χ2n) is 7.42. The number of benzene rings is 1. The molecule has 2 atom stereocenters. The molecule has 0 aromatic heterocycles. The molecule has 0 saturated carbocycles. The first-order valence-electron chi connectivity index (χ1n) is 9.53. The highest BCUT2D eigenvalue weighted by Gasteiger charge is 2.25. The maximum absolute atomic E-state index is 14.4. The van der Waals surface area contributed by atoms with Crippen molar-refractivity contribution in [1.29, 1.82) is 0 Å². The molecule has 0 spiro atoms. The Kier molecular flexibility index (Phi) is 8.07. The number of ketones is 1. The van der Waals surface area contributed by atoms with Gasteiger partial charge in [-0.05, 0) is 30.4 Å². The van der Waals surface area contributed by atoms with Gasteiger partial charge in [0.1, 0.15) is 11.6 Å². The summed E-state index contributed by atoms with van der Waals surface area (Å²) in [7, 11) is 0. The van der Waals surface area contributed by atoms with Gasteiger partial charge in [-0.15, -0.1) is 0 Å². The van der Waals surface area contributed by atoms with Gasteiger partial charge in [-0.25, -0.2) is 4.39 Å². The molecular weight excluding hydrogens is 375 g/mol. The SMILES string of the molecule is C[C@H](CC(=O)C[C@@H](CC(=O)O)C(=O)O)CC1=CC=C(c2ccccc2)C(F)=CC1. The number of carbonyl (C=O) groups excluding carboxylic acids is 1. The Morgan fingerprint density at radius 2 is 1.72 bits per heavy atom. The number of aliphatic carboxylic acids is 2. The summed E-state index contributed by atoms with van der Waals surface area (Å²) >= 11 is 0. The van der Waals surface area contributed by atoms with Crippen molar-refractivity contribution in [2.24, 2.45) is 11.8 Å². The Balaban J connectivity index is 1.98. The van der Waals surface area contributed by atoms with Gasteiger partial charge in [0.15, 0.2) is 0 Å². The minimum Gasteiger partial charge on any atom is -0.481 e. The summed E-state index contributed by atoms with van der Waals surface area (Å²) in [6.07, 6.45) is 5.44. The van der Waals surface area contributed by atoms with E-state index in [4.69, 9.17) is 10.2 Å². The number of carboxylic acid groups (broad SMARTS) is 2. The monoisotopic (exact) mass is 400 g/mol. The zero-order valence-corrected chi connectivity index (χ0v) is 16.3. The molecule has 5 nitrogen and oxygen atoms in total.